The largest absolute Gasteiger partial charge is 0.483 e. The number of benzene rings is 1. The second-order valence-corrected chi connectivity index (χ2v) is 13.3. The van der Waals surface area contributed by atoms with Gasteiger partial charge < -0.3 is 39.5 Å². The van der Waals surface area contributed by atoms with Gasteiger partial charge in [-0.25, -0.2) is 9.78 Å². The minimum Gasteiger partial charge on any atom is -0.483 e. The minimum absolute atomic E-state index is 0.0219. The van der Waals surface area contributed by atoms with E-state index in [4.69, 9.17) is 14.2 Å². The number of piperazine rings is 1. The lowest BCUT2D eigenvalue weighted by Crippen LogP contribution is -2.56. The third-order valence-electron chi connectivity index (χ3n) is 9.59. The summed E-state index contributed by atoms with van der Waals surface area (Å²) in [7, 11) is 1.25. The molecule has 15 nitrogen and oxygen atoms in total. The molecule has 2 unspecified atom stereocenters. The van der Waals surface area contributed by atoms with Gasteiger partial charge in [-0.1, -0.05) is 13.0 Å². The van der Waals surface area contributed by atoms with Gasteiger partial charge in [-0.3, -0.25) is 24.0 Å². The predicted octanol–water partition coefficient (Wildman–Crippen LogP) is 2.32. The molecule has 1 saturated carbocycles. The second kappa shape index (κ2) is 17.3. The van der Waals surface area contributed by atoms with Crippen molar-refractivity contribution in [1.82, 2.24) is 30.3 Å². The Morgan fingerprint density at radius 3 is 2.39 bits per heavy atom. The molecule has 51 heavy (non-hydrogen) atoms. The molecule has 0 bridgehead atoms. The molecule has 5 rings (SSSR count). The maximum absolute atomic E-state index is 13.8. The summed E-state index contributed by atoms with van der Waals surface area (Å²) in [6.07, 6.45) is 4.42. The number of carbonyl (C=O) groups excluding carboxylic acids is 6. The number of esters is 1. The summed E-state index contributed by atoms with van der Waals surface area (Å²) < 4.78 is 16.0. The molecule has 1 aromatic carbocycles. The summed E-state index contributed by atoms with van der Waals surface area (Å²) in [6.45, 7) is 5.18. The van der Waals surface area contributed by atoms with Gasteiger partial charge in [0.05, 0.1) is 19.2 Å². The zero-order valence-electron chi connectivity index (χ0n) is 29.6. The van der Waals surface area contributed by atoms with Gasteiger partial charge in [0, 0.05) is 56.6 Å². The van der Waals surface area contributed by atoms with Gasteiger partial charge in [-0.05, 0) is 69.6 Å². The smallest absolute Gasteiger partial charge is 0.409 e. The number of nitrogens with zero attached hydrogens (tertiary/aromatic N) is 4. The average Bonchev–Trinajstić information content (AvgIpc) is 3.62. The highest BCUT2D eigenvalue weighted by atomic mass is 16.6. The Hall–Kier alpha value is -4.95. The molecule has 2 N–H and O–H groups in total. The van der Waals surface area contributed by atoms with Crippen molar-refractivity contribution in [1.29, 1.82) is 0 Å². The Kier molecular flexibility index (Phi) is 12.7. The molecule has 3 heterocycles. The van der Waals surface area contributed by atoms with Crippen molar-refractivity contribution in [2.75, 3.05) is 53.0 Å². The maximum atomic E-state index is 13.8. The number of likely N-dealkylation sites (tertiary alicyclic amines) is 1. The van der Waals surface area contributed by atoms with E-state index in [0.717, 1.165) is 24.8 Å². The van der Waals surface area contributed by atoms with E-state index < -0.39 is 36.0 Å². The normalized spacial score (nSPS) is 18.1. The van der Waals surface area contributed by atoms with E-state index >= 15 is 0 Å². The topological polar surface area (TPSA) is 177 Å². The number of amides is 5. The van der Waals surface area contributed by atoms with Gasteiger partial charge in [-0.2, -0.15) is 0 Å². The summed E-state index contributed by atoms with van der Waals surface area (Å²) in [6, 6.07) is 5.41. The fraction of sp³-hybridized carbons (Fsp3) is 0.583. The van der Waals surface area contributed by atoms with Crippen molar-refractivity contribution < 1.29 is 43.0 Å². The molecule has 3 fully saturated rings. The molecule has 276 valence electrons. The fourth-order valence-corrected chi connectivity index (χ4v) is 6.42. The van der Waals surface area contributed by atoms with Crippen LogP contribution in [0.25, 0.3) is 10.9 Å². The Balaban J connectivity index is 1.29. The van der Waals surface area contributed by atoms with Gasteiger partial charge >= 0.3 is 12.1 Å². The van der Waals surface area contributed by atoms with E-state index in [1.807, 2.05) is 19.9 Å². The summed E-state index contributed by atoms with van der Waals surface area (Å²) in [4.78, 5) is 87.2. The van der Waals surface area contributed by atoms with Crippen LogP contribution in [-0.4, -0.2) is 127 Å². The van der Waals surface area contributed by atoms with Crippen LogP contribution in [0.3, 0.4) is 0 Å². The number of pyridine rings is 1. The lowest BCUT2D eigenvalue weighted by molar-refractivity contribution is -0.141. The highest BCUT2D eigenvalue weighted by Crippen LogP contribution is 2.28. The summed E-state index contributed by atoms with van der Waals surface area (Å²) in [5.74, 6) is -1.85. The van der Waals surface area contributed by atoms with Crippen LogP contribution in [0.2, 0.25) is 0 Å². The first-order valence-corrected chi connectivity index (χ1v) is 17.8. The number of hydrogen-bond acceptors (Lipinski definition) is 10. The minimum atomic E-state index is -1.09. The standard InChI is InChI=1S/C36H48N6O9/c1-4-19-50-36(48)41-17-15-40(16-18-41)35(47)26(12-13-32(44)49-3)39-33(45)28-21-30(25-11-10-23(2)20-27(25)38-28)51-22-31(43)42-14-6-9-29(42)34(46)37-24-7-5-8-24/h10-11,20-21,24,26,29H,4-9,12-19,22H2,1-3H3,(H,37,46)(H,39,45). The first-order valence-electron chi connectivity index (χ1n) is 17.8. The van der Waals surface area contributed by atoms with Crippen LogP contribution < -0.4 is 15.4 Å². The van der Waals surface area contributed by atoms with Crippen LogP contribution >= 0.6 is 0 Å². The number of hydrogen-bond donors (Lipinski definition) is 2. The first kappa shape index (κ1) is 37.3. The van der Waals surface area contributed by atoms with E-state index in [1.165, 1.54) is 18.1 Å². The Labute approximate surface area is 297 Å². The van der Waals surface area contributed by atoms with Crippen molar-refractivity contribution in [3.8, 4) is 5.75 Å². The quantitative estimate of drug-likeness (QED) is 0.294. The molecule has 2 atom stereocenters. The molecule has 3 aliphatic rings. The molecule has 15 heteroatoms. The zero-order chi connectivity index (χ0) is 36.5. The van der Waals surface area contributed by atoms with E-state index in [-0.39, 0.29) is 74.9 Å². The molecule has 5 amide bonds. The van der Waals surface area contributed by atoms with Gasteiger partial charge in [0.25, 0.3) is 11.8 Å². The third kappa shape index (κ3) is 9.44. The molecule has 2 aliphatic heterocycles. The summed E-state index contributed by atoms with van der Waals surface area (Å²) in [5, 5.41) is 6.38. The molecular weight excluding hydrogens is 660 g/mol. The molecule has 2 saturated heterocycles. The second-order valence-electron chi connectivity index (χ2n) is 13.3. The number of aromatic nitrogens is 1. The van der Waals surface area contributed by atoms with Crippen molar-refractivity contribution in [2.45, 2.75) is 83.3 Å². The predicted molar refractivity (Wildman–Crippen MR) is 185 cm³/mol. The van der Waals surface area contributed by atoms with E-state index in [2.05, 4.69) is 15.6 Å². The number of aryl methyl sites for hydroxylation is 1. The molecule has 0 radical (unpaired) electrons. The van der Waals surface area contributed by atoms with E-state index in [0.29, 0.717) is 43.3 Å². The Morgan fingerprint density at radius 2 is 1.71 bits per heavy atom. The number of methoxy groups -OCH3 is 1. The zero-order valence-corrected chi connectivity index (χ0v) is 29.6. The Bertz CT molecular complexity index is 1620. The van der Waals surface area contributed by atoms with E-state index in [1.54, 1.807) is 21.9 Å². The van der Waals surface area contributed by atoms with Crippen LogP contribution in [0.4, 0.5) is 4.79 Å². The van der Waals surface area contributed by atoms with Crippen LogP contribution in [0.5, 0.6) is 5.75 Å². The first-order chi connectivity index (χ1) is 24.6. The van der Waals surface area contributed by atoms with Gasteiger partial charge in [-0.15, -0.1) is 0 Å². The lowest BCUT2D eigenvalue weighted by Gasteiger charge is -2.36. The molecule has 2 aromatic rings. The highest BCUT2D eigenvalue weighted by molar-refractivity contribution is 5.99. The number of rotatable bonds is 13. The van der Waals surface area contributed by atoms with Crippen molar-refractivity contribution >= 4 is 46.6 Å². The van der Waals surface area contributed by atoms with E-state index in [9.17, 15) is 28.8 Å². The van der Waals surface area contributed by atoms with Crippen LogP contribution in [-0.2, 0) is 28.7 Å². The number of ether oxygens (including phenoxy) is 3. The average molecular weight is 709 g/mol. The summed E-state index contributed by atoms with van der Waals surface area (Å²) >= 11 is 0. The number of fused-ring (bicyclic) bond motifs is 1. The van der Waals surface area contributed by atoms with Gasteiger partial charge in [0.1, 0.15) is 23.5 Å². The molecule has 0 spiro atoms. The fourth-order valence-electron chi connectivity index (χ4n) is 6.42. The van der Waals surface area contributed by atoms with Crippen LogP contribution in [0.1, 0.15) is 74.3 Å². The monoisotopic (exact) mass is 708 g/mol. The number of carbonyl (C=O) groups is 6. The summed E-state index contributed by atoms with van der Waals surface area (Å²) in [5.41, 5.74) is 1.29. The van der Waals surface area contributed by atoms with Crippen molar-refractivity contribution in [3.05, 3.63) is 35.5 Å². The third-order valence-corrected chi connectivity index (χ3v) is 9.59. The lowest BCUT2D eigenvalue weighted by atomic mass is 9.93. The maximum Gasteiger partial charge on any atom is 0.409 e. The Morgan fingerprint density at radius 1 is 0.961 bits per heavy atom. The number of nitrogens with one attached hydrogen (secondary N) is 2. The van der Waals surface area contributed by atoms with Crippen LogP contribution in [0, 0.1) is 6.92 Å². The van der Waals surface area contributed by atoms with Crippen molar-refractivity contribution in [3.63, 3.8) is 0 Å². The SMILES string of the molecule is CCCOC(=O)N1CCN(C(=O)C(CCC(=O)OC)NC(=O)c2cc(OCC(=O)N3CCCC3C(=O)NC3CCC3)c3ccc(C)cc3n2)CC1. The van der Waals surface area contributed by atoms with Crippen LogP contribution in [0.15, 0.2) is 24.3 Å². The molecular formula is C36H48N6O9. The highest BCUT2D eigenvalue weighted by Gasteiger charge is 2.36. The van der Waals surface area contributed by atoms with Crippen molar-refractivity contribution in [2.24, 2.45) is 0 Å². The van der Waals surface area contributed by atoms with Gasteiger partial charge in [0.15, 0.2) is 6.61 Å². The molecule has 1 aromatic heterocycles. The van der Waals surface area contributed by atoms with Gasteiger partial charge in [0.2, 0.25) is 11.8 Å². The molecule has 1 aliphatic carbocycles.